The number of rotatable bonds is 4. The van der Waals surface area contributed by atoms with Crippen molar-refractivity contribution in [1.82, 2.24) is 0 Å². The molecule has 8 heteroatoms. The minimum atomic E-state index is -4.28. The summed E-state index contributed by atoms with van der Waals surface area (Å²) in [6, 6.07) is 5.86. The topological polar surface area (TPSA) is 72.2 Å². The van der Waals surface area contributed by atoms with Gasteiger partial charge in [-0.25, -0.2) is 21.6 Å². The van der Waals surface area contributed by atoms with E-state index < -0.39 is 32.4 Å². The molecule has 0 spiro atoms. The predicted octanol–water partition coefficient (Wildman–Crippen LogP) is 2.36. The van der Waals surface area contributed by atoms with E-state index in [1.165, 1.54) is 6.07 Å². The van der Waals surface area contributed by atoms with Gasteiger partial charge < -0.3 is 5.73 Å². The Balaban J connectivity index is 2.40. The number of hydrogen-bond acceptors (Lipinski definition) is 3. The molecule has 0 heterocycles. The highest BCUT2D eigenvalue weighted by Gasteiger charge is 2.20. The fraction of sp³-hybridized carbons (Fsp3) is 0.0769. The Morgan fingerprint density at radius 1 is 0.952 bits per heavy atom. The van der Waals surface area contributed by atoms with Crippen molar-refractivity contribution in [3.63, 3.8) is 0 Å². The Hall–Kier alpha value is -2.06. The van der Waals surface area contributed by atoms with Gasteiger partial charge in [-0.1, -0.05) is 6.07 Å². The minimum absolute atomic E-state index is 0.0357. The summed E-state index contributed by atoms with van der Waals surface area (Å²) >= 11 is 0. The number of benzene rings is 2. The van der Waals surface area contributed by atoms with Crippen LogP contribution >= 0.6 is 0 Å². The normalized spacial score (nSPS) is 11.4. The first kappa shape index (κ1) is 15.3. The molecule has 3 N–H and O–H groups in total. The first-order valence-corrected chi connectivity index (χ1v) is 7.28. The van der Waals surface area contributed by atoms with Gasteiger partial charge in [0.1, 0.15) is 10.7 Å². The maximum atomic E-state index is 13.7. The van der Waals surface area contributed by atoms with E-state index in [1.807, 2.05) is 4.72 Å². The molecule has 0 amide bonds. The monoisotopic (exact) mass is 316 g/mol. The number of hydrogen-bond donors (Lipinski definition) is 2. The van der Waals surface area contributed by atoms with Crippen molar-refractivity contribution in [3.8, 4) is 0 Å². The maximum Gasteiger partial charge on any atom is 0.264 e. The zero-order valence-corrected chi connectivity index (χ0v) is 11.4. The van der Waals surface area contributed by atoms with Crippen LogP contribution in [0, 0.1) is 17.5 Å². The van der Waals surface area contributed by atoms with Gasteiger partial charge in [0.25, 0.3) is 10.0 Å². The average Bonchev–Trinajstić information content (AvgIpc) is 2.43. The van der Waals surface area contributed by atoms with Gasteiger partial charge in [0.05, 0.1) is 5.69 Å². The van der Waals surface area contributed by atoms with Gasteiger partial charge in [-0.05, 0) is 29.8 Å². The molecule has 0 aliphatic carbocycles. The largest absolute Gasteiger partial charge is 0.326 e. The molecule has 0 radical (unpaired) electrons. The molecule has 0 bridgehead atoms. The van der Waals surface area contributed by atoms with Crippen LogP contribution in [0.25, 0.3) is 0 Å². The minimum Gasteiger partial charge on any atom is -0.326 e. The van der Waals surface area contributed by atoms with E-state index >= 15 is 0 Å². The molecule has 112 valence electrons. The summed E-state index contributed by atoms with van der Waals surface area (Å²) < 4.78 is 65.6. The number of halogens is 3. The molecule has 2 rings (SSSR count). The van der Waals surface area contributed by atoms with Crippen molar-refractivity contribution in [1.29, 1.82) is 0 Å². The highest BCUT2D eigenvalue weighted by atomic mass is 32.2. The molecule has 2 aromatic rings. The van der Waals surface area contributed by atoms with Crippen molar-refractivity contribution in [2.24, 2.45) is 5.73 Å². The Labute approximate surface area is 119 Å². The molecule has 21 heavy (non-hydrogen) atoms. The lowest BCUT2D eigenvalue weighted by molar-refractivity contribution is 0.509. The molecular weight excluding hydrogens is 305 g/mol. The molecule has 0 fully saturated rings. The van der Waals surface area contributed by atoms with Gasteiger partial charge >= 0.3 is 0 Å². The molecule has 0 aliphatic rings. The second kappa shape index (κ2) is 5.74. The third kappa shape index (κ3) is 3.34. The van der Waals surface area contributed by atoms with Crippen LogP contribution in [0.2, 0.25) is 0 Å². The number of nitrogens with one attached hydrogen (secondary N) is 1. The summed E-state index contributed by atoms with van der Waals surface area (Å²) in [7, 11) is -4.28. The van der Waals surface area contributed by atoms with Crippen LogP contribution in [0.4, 0.5) is 18.9 Å². The summed E-state index contributed by atoms with van der Waals surface area (Å²) in [5.74, 6) is -3.30. The standard InChI is InChI=1S/C13H11F3N2O2S/c14-10-4-2-9(6-12(10)16)18-21(19,20)13-5-8(7-17)1-3-11(13)15/h1-6,18H,7,17H2. The lowest BCUT2D eigenvalue weighted by atomic mass is 10.2. The first-order valence-electron chi connectivity index (χ1n) is 5.80. The Kier molecular flexibility index (Phi) is 4.19. The Morgan fingerprint density at radius 2 is 1.62 bits per heavy atom. The van der Waals surface area contributed by atoms with Crippen molar-refractivity contribution in [2.45, 2.75) is 11.4 Å². The van der Waals surface area contributed by atoms with E-state index in [0.717, 1.165) is 24.3 Å². The summed E-state index contributed by atoms with van der Waals surface area (Å²) in [6.07, 6.45) is 0. The molecule has 0 unspecified atom stereocenters. The lowest BCUT2D eigenvalue weighted by Gasteiger charge is -2.10. The van der Waals surface area contributed by atoms with Crippen LogP contribution in [0.3, 0.4) is 0 Å². The van der Waals surface area contributed by atoms with Crippen LogP contribution in [0.15, 0.2) is 41.3 Å². The molecule has 0 aromatic heterocycles. The predicted molar refractivity (Wildman–Crippen MR) is 71.5 cm³/mol. The van der Waals surface area contributed by atoms with E-state index in [-0.39, 0.29) is 12.2 Å². The fourth-order valence-corrected chi connectivity index (χ4v) is 2.83. The summed E-state index contributed by atoms with van der Waals surface area (Å²) in [6.45, 7) is 0.0357. The van der Waals surface area contributed by atoms with E-state index in [2.05, 4.69) is 0 Å². The van der Waals surface area contributed by atoms with Crippen LogP contribution in [0.5, 0.6) is 0 Å². The first-order chi connectivity index (χ1) is 9.83. The van der Waals surface area contributed by atoms with Crippen molar-refractivity contribution < 1.29 is 21.6 Å². The van der Waals surface area contributed by atoms with Gasteiger partial charge in [0.15, 0.2) is 11.6 Å². The smallest absolute Gasteiger partial charge is 0.264 e. The van der Waals surface area contributed by atoms with Gasteiger partial charge in [0, 0.05) is 12.6 Å². The number of anilines is 1. The van der Waals surface area contributed by atoms with Crippen molar-refractivity contribution in [2.75, 3.05) is 4.72 Å². The molecule has 4 nitrogen and oxygen atoms in total. The van der Waals surface area contributed by atoms with Crippen molar-refractivity contribution in [3.05, 3.63) is 59.4 Å². The molecule has 2 aromatic carbocycles. The SMILES string of the molecule is NCc1ccc(F)c(S(=O)(=O)Nc2ccc(F)c(F)c2)c1. The number of sulfonamides is 1. The molecular formula is C13H11F3N2O2S. The van der Waals surface area contributed by atoms with E-state index in [1.54, 1.807) is 0 Å². The molecule has 0 saturated heterocycles. The van der Waals surface area contributed by atoms with Crippen LogP contribution in [-0.2, 0) is 16.6 Å². The van der Waals surface area contributed by atoms with Gasteiger partial charge in [-0.2, -0.15) is 0 Å². The molecule has 0 saturated carbocycles. The van der Waals surface area contributed by atoms with E-state index in [4.69, 9.17) is 5.73 Å². The number of nitrogens with two attached hydrogens (primary N) is 1. The van der Waals surface area contributed by atoms with Gasteiger partial charge in [0.2, 0.25) is 0 Å². The summed E-state index contributed by atoms with van der Waals surface area (Å²) in [5.41, 5.74) is 5.57. The maximum absolute atomic E-state index is 13.7. The average molecular weight is 316 g/mol. The quantitative estimate of drug-likeness (QED) is 0.909. The van der Waals surface area contributed by atoms with E-state index in [9.17, 15) is 21.6 Å². The van der Waals surface area contributed by atoms with Gasteiger partial charge in [-0.15, -0.1) is 0 Å². The lowest BCUT2D eigenvalue weighted by Crippen LogP contribution is -2.15. The molecule has 0 aliphatic heterocycles. The summed E-state index contributed by atoms with van der Waals surface area (Å²) in [4.78, 5) is -0.616. The van der Waals surface area contributed by atoms with Crippen LogP contribution < -0.4 is 10.5 Å². The fourth-order valence-electron chi connectivity index (χ4n) is 1.65. The molecule has 0 atom stereocenters. The van der Waals surface area contributed by atoms with Gasteiger partial charge in [-0.3, -0.25) is 4.72 Å². The second-order valence-corrected chi connectivity index (χ2v) is 5.85. The third-order valence-corrected chi connectivity index (χ3v) is 4.09. The zero-order chi connectivity index (χ0) is 15.6. The van der Waals surface area contributed by atoms with E-state index in [0.29, 0.717) is 11.6 Å². The van der Waals surface area contributed by atoms with Crippen molar-refractivity contribution >= 4 is 15.7 Å². The van der Waals surface area contributed by atoms with Crippen LogP contribution in [0.1, 0.15) is 5.56 Å². The summed E-state index contributed by atoms with van der Waals surface area (Å²) in [5, 5.41) is 0. The Morgan fingerprint density at radius 3 is 2.24 bits per heavy atom. The second-order valence-electron chi connectivity index (χ2n) is 4.20. The van der Waals surface area contributed by atoms with Crippen LogP contribution in [-0.4, -0.2) is 8.42 Å². The highest BCUT2D eigenvalue weighted by Crippen LogP contribution is 2.21. The Bertz CT molecular complexity index is 779. The third-order valence-electron chi connectivity index (χ3n) is 2.69. The zero-order valence-electron chi connectivity index (χ0n) is 10.6. The highest BCUT2D eigenvalue weighted by molar-refractivity contribution is 7.92.